The van der Waals surface area contributed by atoms with Crippen LogP contribution in [0.15, 0.2) is 30.5 Å². The number of amides is 2. The minimum absolute atomic E-state index is 0.248. The van der Waals surface area contributed by atoms with E-state index >= 15 is 0 Å². The van der Waals surface area contributed by atoms with E-state index in [-0.39, 0.29) is 11.8 Å². The number of aryl methyl sites for hydroxylation is 2. The summed E-state index contributed by atoms with van der Waals surface area (Å²) in [4.78, 5) is 27.3. The Kier molecular flexibility index (Phi) is 4.78. The Labute approximate surface area is 133 Å². The van der Waals surface area contributed by atoms with E-state index in [2.05, 4.69) is 15.6 Å². The summed E-state index contributed by atoms with van der Waals surface area (Å²) >= 11 is 6.18. The maximum Gasteiger partial charge on any atom is 0.255 e. The van der Waals surface area contributed by atoms with Crippen molar-refractivity contribution in [1.29, 1.82) is 0 Å². The van der Waals surface area contributed by atoms with Crippen LogP contribution >= 0.6 is 11.6 Å². The maximum atomic E-state index is 12.3. The highest BCUT2D eigenvalue weighted by Crippen LogP contribution is 2.27. The number of anilines is 2. The molecule has 1 aromatic carbocycles. The number of nitrogens with one attached hydrogen (secondary N) is 2. The van der Waals surface area contributed by atoms with Gasteiger partial charge in [-0.3, -0.25) is 9.59 Å². The van der Waals surface area contributed by atoms with E-state index in [1.165, 1.54) is 19.2 Å². The molecule has 1 aromatic heterocycles. The summed E-state index contributed by atoms with van der Waals surface area (Å²) in [7, 11) is 0. The highest BCUT2D eigenvalue weighted by atomic mass is 35.5. The van der Waals surface area contributed by atoms with Gasteiger partial charge in [-0.25, -0.2) is 4.98 Å². The van der Waals surface area contributed by atoms with Crippen LogP contribution in [-0.4, -0.2) is 16.8 Å². The Hall–Kier alpha value is -2.40. The van der Waals surface area contributed by atoms with Gasteiger partial charge in [0.05, 0.1) is 10.7 Å². The third-order valence-electron chi connectivity index (χ3n) is 3.00. The van der Waals surface area contributed by atoms with Crippen molar-refractivity contribution in [2.45, 2.75) is 20.8 Å². The molecule has 0 aliphatic carbocycles. The Morgan fingerprint density at radius 2 is 1.86 bits per heavy atom. The van der Waals surface area contributed by atoms with E-state index in [1.807, 2.05) is 19.9 Å². The van der Waals surface area contributed by atoms with Crippen LogP contribution in [-0.2, 0) is 4.79 Å². The molecular weight excluding hydrogens is 302 g/mol. The quantitative estimate of drug-likeness (QED) is 0.909. The molecule has 2 amide bonds. The highest BCUT2D eigenvalue weighted by Gasteiger charge is 2.12. The Morgan fingerprint density at radius 1 is 1.14 bits per heavy atom. The summed E-state index contributed by atoms with van der Waals surface area (Å²) in [6.07, 6.45) is 1.46. The third kappa shape index (κ3) is 3.83. The molecule has 2 rings (SSSR count). The van der Waals surface area contributed by atoms with Crippen LogP contribution in [0.1, 0.15) is 28.4 Å². The molecule has 2 aromatic rings. The predicted octanol–water partition coefficient (Wildman–Crippen LogP) is 3.56. The first kappa shape index (κ1) is 16.0. The topological polar surface area (TPSA) is 71.1 Å². The number of rotatable bonds is 3. The van der Waals surface area contributed by atoms with Gasteiger partial charge in [0.15, 0.2) is 0 Å². The molecule has 0 bridgehead atoms. The number of carbonyl (C=O) groups excluding carboxylic acids is 2. The van der Waals surface area contributed by atoms with Crippen LogP contribution in [0, 0.1) is 13.8 Å². The highest BCUT2D eigenvalue weighted by molar-refractivity contribution is 6.34. The second-order valence-electron chi connectivity index (χ2n) is 5.00. The molecule has 0 spiro atoms. The Balaban J connectivity index is 2.25. The molecule has 2 N–H and O–H groups in total. The second-order valence-corrected chi connectivity index (χ2v) is 5.41. The van der Waals surface area contributed by atoms with E-state index in [4.69, 9.17) is 11.6 Å². The van der Waals surface area contributed by atoms with Crippen molar-refractivity contribution in [2.75, 3.05) is 10.6 Å². The van der Waals surface area contributed by atoms with Gasteiger partial charge in [0.1, 0.15) is 5.82 Å². The van der Waals surface area contributed by atoms with Gasteiger partial charge in [-0.15, -0.1) is 0 Å². The summed E-state index contributed by atoms with van der Waals surface area (Å²) in [5.41, 5.74) is 2.87. The molecule has 0 aliphatic heterocycles. The van der Waals surface area contributed by atoms with Gasteiger partial charge >= 0.3 is 0 Å². The number of aromatic nitrogens is 1. The predicted molar refractivity (Wildman–Crippen MR) is 87.4 cm³/mol. The Morgan fingerprint density at radius 3 is 2.50 bits per heavy atom. The number of carbonyl (C=O) groups is 2. The van der Waals surface area contributed by atoms with Gasteiger partial charge in [-0.1, -0.05) is 17.7 Å². The van der Waals surface area contributed by atoms with E-state index < -0.39 is 0 Å². The number of benzene rings is 1. The minimum atomic E-state index is -0.317. The zero-order valence-electron chi connectivity index (χ0n) is 12.5. The van der Waals surface area contributed by atoms with Crippen molar-refractivity contribution < 1.29 is 9.59 Å². The van der Waals surface area contributed by atoms with Crippen molar-refractivity contribution in [3.8, 4) is 0 Å². The molecular formula is C16H16ClN3O2. The first-order valence-electron chi connectivity index (χ1n) is 6.68. The van der Waals surface area contributed by atoms with E-state index in [0.717, 1.165) is 11.1 Å². The van der Waals surface area contributed by atoms with E-state index in [0.29, 0.717) is 22.1 Å². The summed E-state index contributed by atoms with van der Waals surface area (Å²) < 4.78 is 0. The fourth-order valence-electron chi connectivity index (χ4n) is 2.08. The van der Waals surface area contributed by atoms with Crippen LogP contribution in [0.25, 0.3) is 0 Å². The average molecular weight is 318 g/mol. The number of nitrogens with zero attached hydrogens (tertiary/aromatic N) is 1. The van der Waals surface area contributed by atoms with Gasteiger partial charge in [-0.05, 0) is 43.2 Å². The summed E-state index contributed by atoms with van der Waals surface area (Å²) in [5.74, 6) is -0.239. The lowest BCUT2D eigenvalue weighted by Gasteiger charge is -2.12. The van der Waals surface area contributed by atoms with Crippen LogP contribution in [0.2, 0.25) is 5.02 Å². The molecule has 22 heavy (non-hydrogen) atoms. The molecule has 0 fully saturated rings. The van der Waals surface area contributed by atoms with E-state index in [9.17, 15) is 9.59 Å². The SMILES string of the molecule is CC(=O)Nc1cc(C(=O)Nc2c(C)cc(C)cc2Cl)ccn1. The smallest absolute Gasteiger partial charge is 0.255 e. The molecule has 114 valence electrons. The third-order valence-corrected chi connectivity index (χ3v) is 3.29. The lowest BCUT2D eigenvalue weighted by Crippen LogP contribution is -2.15. The average Bonchev–Trinajstić information content (AvgIpc) is 2.42. The normalized spacial score (nSPS) is 10.2. The van der Waals surface area contributed by atoms with Crippen molar-refractivity contribution >= 4 is 34.9 Å². The first-order valence-corrected chi connectivity index (χ1v) is 7.06. The summed E-state index contributed by atoms with van der Waals surface area (Å²) in [6, 6.07) is 6.81. The molecule has 0 unspecified atom stereocenters. The van der Waals surface area contributed by atoms with Crippen molar-refractivity contribution in [2.24, 2.45) is 0 Å². The number of halogens is 1. The molecule has 0 atom stereocenters. The lowest BCUT2D eigenvalue weighted by molar-refractivity contribution is -0.114. The van der Waals surface area contributed by atoms with Gasteiger partial charge in [0, 0.05) is 18.7 Å². The van der Waals surface area contributed by atoms with Gasteiger partial charge in [0.25, 0.3) is 5.91 Å². The maximum absolute atomic E-state index is 12.3. The van der Waals surface area contributed by atoms with Gasteiger partial charge < -0.3 is 10.6 Å². The molecule has 6 heteroatoms. The fraction of sp³-hybridized carbons (Fsp3) is 0.188. The van der Waals surface area contributed by atoms with Crippen molar-refractivity contribution in [1.82, 2.24) is 4.98 Å². The van der Waals surface area contributed by atoms with Crippen molar-refractivity contribution in [3.05, 3.63) is 52.2 Å². The standard InChI is InChI=1S/C16H16ClN3O2/c1-9-6-10(2)15(13(17)7-9)20-16(22)12-4-5-18-14(8-12)19-11(3)21/h4-8H,1-3H3,(H,20,22)(H,18,19,21). The number of hydrogen-bond donors (Lipinski definition) is 2. The molecule has 0 saturated heterocycles. The molecule has 0 radical (unpaired) electrons. The van der Waals surface area contributed by atoms with Crippen LogP contribution in [0.3, 0.4) is 0 Å². The van der Waals surface area contributed by atoms with E-state index in [1.54, 1.807) is 12.1 Å². The van der Waals surface area contributed by atoms with Crippen molar-refractivity contribution in [3.63, 3.8) is 0 Å². The summed E-state index contributed by atoms with van der Waals surface area (Å²) in [5, 5.41) is 5.82. The molecule has 0 saturated carbocycles. The monoisotopic (exact) mass is 317 g/mol. The summed E-state index contributed by atoms with van der Waals surface area (Å²) in [6.45, 7) is 5.20. The van der Waals surface area contributed by atoms with Crippen LogP contribution in [0.5, 0.6) is 0 Å². The molecule has 1 heterocycles. The van der Waals surface area contributed by atoms with Crippen LogP contribution in [0.4, 0.5) is 11.5 Å². The number of hydrogen-bond acceptors (Lipinski definition) is 3. The molecule has 0 aliphatic rings. The molecule has 5 nitrogen and oxygen atoms in total. The zero-order valence-corrected chi connectivity index (χ0v) is 13.3. The Bertz CT molecular complexity index is 721. The largest absolute Gasteiger partial charge is 0.320 e. The fourth-order valence-corrected chi connectivity index (χ4v) is 2.45. The number of pyridine rings is 1. The van der Waals surface area contributed by atoms with Gasteiger partial charge in [0.2, 0.25) is 5.91 Å². The lowest BCUT2D eigenvalue weighted by atomic mass is 10.1. The van der Waals surface area contributed by atoms with Gasteiger partial charge in [-0.2, -0.15) is 0 Å². The van der Waals surface area contributed by atoms with Crippen LogP contribution < -0.4 is 10.6 Å². The zero-order chi connectivity index (χ0) is 16.3. The minimum Gasteiger partial charge on any atom is -0.320 e. The first-order chi connectivity index (χ1) is 10.4. The second kappa shape index (κ2) is 6.58.